The normalized spacial score (nSPS) is 16.2. The Hall–Kier alpha value is -4.09. The third-order valence-corrected chi connectivity index (χ3v) is 7.57. The highest BCUT2D eigenvalue weighted by Crippen LogP contribution is 2.59. The van der Waals surface area contributed by atoms with Gasteiger partial charge in [0.1, 0.15) is 17.1 Å². The fraction of sp³-hybridized carbons (Fsp3) is 0.393. The van der Waals surface area contributed by atoms with Crippen LogP contribution in [0.5, 0.6) is 0 Å². The predicted octanol–water partition coefficient (Wildman–Crippen LogP) is 5.78. The van der Waals surface area contributed by atoms with Crippen molar-refractivity contribution in [3.63, 3.8) is 0 Å². The number of nitrogens with one attached hydrogen (secondary N) is 1. The average molecular weight is 555 g/mol. The molecule has 0 radical (unpaired) electrons. The van der Waals surface area contributed by atoms with Gasteiger partial charge in [0.2, 0.25) is 5.91 Å². The van der Waals surface area contributed by atoms with Gasteiger partial charge in [-0.05, 0) is 56.7 Å². The Balaban J connectivity index is 1.11. The summed E-state index contributed by atoms with van der Waals surface area (Å²) in [7, 11) is 0. The van der Waals surface area contributed by atoms with Gasteiger partial charge in [0.15, 0.2) is 11.6 Å². The number of hydrogen-bond acceptors (Lipinski definition) is 6. The van der Waals surface area contributed by atoms with Crippen molar-refractivity contribution in [2.75, 3.05) is 5.32 Å². The molecule has 2 saturated carbocycles. The monoisotopic (exact) mass is 554 g/mol. The molecule has 3 aromatic heterocycles. The molecular weight excluding hydrogens is 528 g/mol. The van der Waals surface area contributed by atoms with Crippen LogP contribution in [0.2, 0.25) is 0 Å². The minimum Gasteiger partial charge on any atom is -0.358 e. The van der Waals surface area contributed by atoms with E-state index in [1.165, 1.54) is 12.1 Å². The maximum Gasteiger partial charge on any atom is 0.401 e. The minimum absolute atomic E-state index is 0.0877. The Kier molecular flexibility index (Phi) is 6.23. The molecule has 1 aromatic carbocycles. The van der Waals surface area contributed by atoms with Gasteiger partial charge in [0.25, 0.3) is 0 Å². The Morgan fingerprint density at radius 1 is 1.15 bits per heavy atom. The highest BCUT2D eigenvalue weighted by Gasteiger charge is 2.66. The fourth-order valence-electron chi connectivity index (χ4n) is 4.85. The van der Waals surface area contributed by atoms with Crippen molar-refractivity contribution >= 4 is 11.7 Å². The van der Waals surface area contributed by atoms with Crippen LogP contribution in [-0.2, 0) is 23.1 Å². The molecule has 1 N–H and O–H groups in total. The molecule has 0 atom stereocenters. The Labute approximate surface area is 226 Å². The van der Waals surface area contributed by atoms with Crippen molar-refractivity contribution in [3.8, 4) is 11.1 Å². The summed E-state index contributed by atoms with van der Waals surface area (Å²) in [4.78, 5) is 21.6. The lowest BCUT2D eigenvalue weighted by Crippen LogP contribution is -2.28. The van der Waals surface area contributed by atoms with Gasteiger partial charge in [-0.2, -0.15) is 18.3 Å². The van der Waals surface area contributed by atoms with E-state index < -0.39 is 23.3 Å². The van der Waals surface area contributed by atoms with E-state index in [2.05, 4.69) is 31.7 Å². The van der Waals surface area contributed by atoms with Gasteiger partial charge < -0.3 is 9.84 Å². The van der Waals surface area contributed by atoms with Crippen LogP contribution in [0.1, 0.15) is 65.8 Å². The summed E-state index contributed by atoms with van der Waals surface area (Å²) in [6.07, 6.45) is 1.60. The second-order valence-electron chi connectivity index (χ2n) is 10.6. The molecule has 12 heteroatoms. The number of anilines is 1. The topological polar surface area (TPSA) is 98.7 Å². The molecule has 0 aliphatic heterocycles. The zero-order valence-electron chi connectivity index (χ0n) is 21.8. The van der Waals surface area contributed by atoms with Crippen molar-refractivity contribution < 1.29 is 26.9 Å². The molecule has 1 amide bonds. The van der Waals surface area contributed by atoms with Crippen LogP contribution in [0.3, 0.4) is 0 Å². The first-order valence-electron chi connectivity index (χ1n) is 13.0. The maximum absolute atomic E-state index is 15.0. The number of carbonyl (C=O) groups excluding carboxylic acids is 1. The highest BCUT2D eigenvalue weighted by molar-refractivity contribution is 5.91. The van der Waals surface area contributed by atoms with E-state index in [9.17, 15) is 22.4 Å². The lowest BCUT2D eigenvalue weighted by molar-refractivity contribution is -0.165. The van der Waals surface area contributed by atoms with Gasteiger partial charge in [-0.25, -0.2) is 14.4 Å². The van der Waals surface area contributed by atoms with Crippen molar-refractivity contribution in [2.24, 2.45) is 0 Å². The fourth-order valence-corrected chi connectivity index (χ4v) is 4.85. The van der Waals surface area contributed by atoms with Crippen LogP contribution >= 0.6 is 0 Å². The number of nitrogens with zero attached hydrogens (tertiary/aromatic N) is 5. The number of amides is 1. The van der Waals surface area contributed by atoms with E-state index >= 15 is 0 Å². The molecule has 208 valence electrons. The predicted molar refractivity (Wildman–Crippen MR) is 136 cm³/mol. The second kappa shape index (κ2) is 9.53. The number of alkyl halides is 3. The molecule has 0 saturated heterocycles. The van der Waals surface area contributed by atoms with Crippen molar-refractivity contribution in [2.45, 2.75) is 70.0 Å². The van der Waals surface area contributed by atoms with Crippen molar-refractivity contribution in [1.29, 1.82) is 0 Å². The summed E-state index contributed by atoms with van der Waals surface area (Å²) in [5, 5.41) is 10.5. The largest absolute Gasteiger partial charge is 0.401 e. The molecule has 8 nitrogen and oxygen atoms in total. The molecular formula is C28H26F4N6O2. The maximum atomic E-state index is 15.0. The Morgan fingerprint density at radius 2 is 1.93 bits per heavy atom. The van der Waals surface area contributed by atoms with Gasteiger partial charge in [-0.1, -0.05) is 17.3 Å². The highest BCUT2D eigenvalue weighted by atomic mass is 19.4. The Morgan fingerprint density at radius 3 is 2.58 bits per heavy atom. The third-order valence-electron chi connectivity index (χ3n) is 7.57. The molecule has 2 fully saturated rings. The molecule has 0 bridgehead atoms. The van der Waals surface area contributed by atoms with E-state index in [1.54, 1.807) is 12.3 Å². The number of aromatic nitrogens is 5. The van der Waals surface area contributed by atoms with Gasteiger partial charge >= 0.3 is 6.18 Å². The van der Waals surface area contributed by atoms with Crippen LogP contribution in [0.15, 0.2) is 41.2 Å². The number of carbonyl (C=O) groups is 1. The lowest BCUT2D eigenvalue weighted by atomic mass is 10.0. The standard InChI is InChI=1S/C28H26F4N6O2/c1-15-19(14-38(36-15)20-5-6-20)10-24-33-13-21(16(2)34-24)17-3-4-18(22(29)9-17)11-26(39)35-25-12-23(40-37-25)27(7-8-27)28(30,31)32/h3-4,9,12-14,20H,5-8,10-11H2,1-2H3,(H,35,37,39). The quantitative estimate of drug-likeness (QED) is 0.277. The lowest BCUT2D eigenvalue weighted by Gasteiger charge is -2.14. The molecule has 40 heavy (non-hydrogen) atoms. The second-order valence-corrected chi connectivity index (χ2v) is 10.6. The summed E-state index contributed by atoms with van der Waals surface area (Å²) >= 11 is 0. The minimum atomic E-state index is -4.46. The Bertz CT molecular complexity index is 1600. The smallest absolute Gasteiger partial charge is 0.358 e. The van der Waals surface area contributed by atoms with Crippen LogP contribution in [0.4, 0.5) is 23.4 Å². The van der Waals surface area contributed by atoms with Crippen LogP contribution in [0, 0.1) is 19.7 Å². The van der Waals surface area contributed by atoms with E-state index in [0.717, 1.165) is 30.2 Å². The van der Waals surface area contributed by atoms with E-state index in [-0.39, 0.29) is 36.4 Å². The zero-order chi connectivity index (χ0) is 28.2. The van der Waals surface area contributed by atoms with Crippen LogP contribution < -0.4 is 5.32 Å². The molecule has 0 unspecified atom stereocenters. The van der Waals surface area contributed by atoms with Gasteiger partial charge in [-0.15, -0.1) is 0 Å². The van der Waals surface area contributed by atoms with E-state index in [4.69, 9.17) is 4.52 Å². The summed E-state index contributed by atoms with van der Waals surface area (Å²) in [5.74, 6) is -1.07. The number of hydrogen-bond donors (Lipinski definition) is 1. The first kappa shape index (κ1) is 26.1. The molecule has 6 rings (SSSR count). The molecule has 0 spiro atoms. The van der Waals surface area contributed by atoms with Crippen molar-refractivity contribution in [3.05, 3.63) is 76.6 Å². The van der Waals surface area contributed by atoms with Gasteiger partial charge in [-0.3, -0.25) is 9.48 Å². The first-order valence-corrected chi connectivity index (χ1v) is 13.0. The van der Waals surface area contributed by atoms with E-state index in [1.807, 2.05) is 18.5 Å². The summed E-state index contributed by atoms with van der Waals surface area (Å²) in [5.41, 5.74) is 2.03. The van der Waals surface area contributed by atoms with Crippen LogP contribution in [0.25, 0.3) is 11.1 Å². The van der Waals surface area contributed by atoms with Gasteiger partial charge in [0, 0.05) is 41.7 Å². The number of benzene rings is 1. The molecule has 2 aliphatic rings. The SMILES string of the molecule is Cc1nn(C2CC2)cc1Cc1ncc(-c2ccc(CC(=O)Nc3cc(C4(C(F)(F)F)CC4)on3)c(F)c2)c(C)n1. The molecule has 3 heterocycles. The first-order chi connectivity index (χ1) is 19.0. The van der Waals surface area contributed by atoms with Crippen molar-refractivity contribution in [1.82, 2.24) is 24.9 Å². The zero-order valence-corrected chi connectivity index (χ0v) is 21.8. The molecule has 4 aromatic rings. The number of aryl methyl sites for hydroxylation is 2. The number of rotatable bonds is 8. The summed E-state index contributed by atoms with van der Waals surface area (Å²) in [6, 6.07) is 6.05. The summed E-state index contributed by atoms with van der Waals surface area (Å²) < 4.78 is 61.7. The third kappa shape index (κ3) is 4.98. The number of halogens is 4. The molecule has 2 aliphatic carbocycles. The average Bonchev–Trinajstić information content (AvgIpc) is 3.81. The van der Waals surface area contributed by atoms with E-state index in [0.29, 0.717) is 35.1 Å². The van der Waals surface area contributed by atoms with Crippen LogP contribution in [-0.4, -0.2) is 37.0 Å². The summed E-state index contributed by atoms with van der Waals surface area (Å²) in [6.45, 7) is 3.80. The van der Waals surface area contributed by atoms with Gasteiger partial charge in [0.05, 0.1) is 18.2 Å².